The molecule has 1 fully saturated rings. The van der Waals surface area contributed by atoms with Crippen LogP contribution in [0.25, 0.3) is 0 Å². The Morgan fingerprint density at radius 1 is 1.05 bits per heavy atom. The van der Waals surface area contributed by atoms with Crippen LogP contribution in [0.3, 0.4) is 0 Å². The smallest absolute Gasteiger partial charge is 0.119 e. The Morgan fingerprint density at radius 2 is 1.81 bits per heavy atom. The average Bonchev–Trinajstić information content (AvgIpc) is 2.53. The molecule has 2 heteroatoms. The molecule has 0 N–H and O–H groups in total. The number of rotatable bonds is 7. The van der Waals surface area contributed by atoms with E-state index in [9.17, 15) is 0 Å². The summed E-state index contributed by atoms with van der Waals surface area (Å²) in [7, 11) is 1.87. The summed E-state index contributed by atoms with van der Waals surface area (Å²) in [5.41, 5.74) is 1.40. The molecule has 0 saturated heterocycles. The van der Waals surface area contributed by atoms with Gasteiger partial charge in [0.15, 0.2) is 0 Å². The van der Waals surface area contributed by atoms with Crippen molar-refractivity contribution in [2.75, 3.05) is 13.7 Å². The average molecular weight is 290 g/mol. The minimum absolute atomic E-state index is 0.373. The zero-order valence-corrected chi connectivity index (χ0v) is 13.8. The molecular weight excluding hydrogens is 260 g/mol. The lowest BCUT2D eigenvalue weighted by Gasteiger charge is -2.35. The third-order valence-corrected chi connectivity index (χ3v) is 4.68. The Kier molecular flexibility index (Phi) is 6.56. The van der Waals surface area contributed by atoms with Gasteiger partial charge in [0, 0.05) is 13.0 Å². The van der Waals surface area contributed by atoms with Crippen molar-refractivity contribution in [3.05, 3.63) is 29.8 Å². The standard InChI is InChI=1S/C19H30O2/c1-4-6-15-7-12-18(19(14-15)20-3)16-8-10-17(11-9-16)21-13-5-2/h8-11,15,18-19H,4-7,12-14H2,1-3H3. The van der Waals surface area contributed by atoms with E-state index in [0.29, 0.717) is 12.0 Å². The maximum atomic E-state index is 5.80. The molecule has 0 heterocycles. The van der Waals surface area contributed by atoms with Crippen molar-refractivity contribution in [2.45, 2.75) is 64.4 Å². The van der Waals surface area contributed by atoms with E-state index in [1.165, 1.54) is 37.7 Å². The van der Waals surface area contributed by atoms with Crippen LogP contribution < -0.4 is 4.74 Å². The monoisotopic (exact) mass is 290 g/mol. The predicted octanol–water partition coefficient (Wildman–Crippen LogP) is 5.17. The molecule has 0 aromatic heterocycles. The quantitative estimate of drug-likeness (QED) is 0.689. The van der Waals surface area contributed by atoms with E-state index in [-0.39, 0.29) is 0 Å². The summed E-state index contributed by atoms with van der Waals surface area (Å²) in [5, 5.41) is 0. The topological polar surface area (TPSA) is 18.5 Å². The second-order valence-electron chi connectivity index (χ2n) is 6.27. The third-order valence-electron chi connectivity index (χ3n) is 4.68. The fourth-order valence-corrected chi connectivity index (χ4v) is 3.56. The van der Waals surface area contributed by atoms with Gasteiger partial charge in [-0.05, 0) is 49.3 Å². The van der Waals surface area contributed by atoms with Crippen LogP contribution >= 0.6 is 0 Å². The van der Waals surface area contributed by atoms with E-state index in [4.69, 9.17) is 9.47 Å². The van der Waals surface area contributed by atoms with Gasteiger partial charge in [-0.25, -0.2) is 0 Å². The van der Waals surface area contributed by atoms with E-state index in [1.807, 2.05) is 7.11 Å². The molecule has 0 amide bonds. The van der Waals surface area contributed by atoms with Gasteiger partial charge in [-0.15, -0.1) is 0 Å². The Bertz CT molecular complexity index is 399. The lowest BCUT2D eigenvalue weighted by atomic mass is 9.75. The van der Waals surface area contributed by atoms with Crippen molar-refractivity contribution in [1.82, 2.24) is 0 Å². The van der Waals surface area contributed by atoms with Crippen molar-refractivity contribution < 1.29 is 9.47 Å². The van der Waals surface area contributed by atoms with Crippen LogP contribution in [0.15, 0.2) is 24.3 Å². The first kappa shape index (κ1) is 16.4. The largest absolute Gasteiger partial charge is 0.494 e. The minimum atomic E-state index is 0.373. The van der Waals surface area contributed by atoms with E-state index in [0.717, 1.165) is 24.7 Å². The minimum Gasteiger partial charge on any atom is -0.494 e. The van der Waals surface area contributed by atoms with Crippen molar-refractivity contribution in [2.24, 2.45) is 5.92 Å². The molecule has 2 nitrogen and oxygen atoms in total. The number of benzene rings is 1. The van der Waals surface area contributed by atoms with Crippen LogP contribution in [-0.4, -0.2) is 19.8 Å². The molecule has 2 rings (SSSR count). The SMILES string of the molecule is CCCOc1ccc(C2CCC(CCC)CC2OC)cc1. The number of ether oxygens (including phenoxy) is 2. The maximum Gasteiger partial charge on any atom is 0.119 e. The van der Waals surface area contributed by atoms with Crippen molar-refractivity contribution in [1.29, 1.82) is 0 Å². The third kappa shape index (κ3) is 4.47. The summed E-state index contributed by atoms with van der Waals surface area (Å²) in [5.74, 6) is 2.38. The summed E-state index contributed by atoms with van der Waals surface area (Å²) in [6.07, 6.45) is 7.85. The molecule has 1 aliphatic rings. The molecule has 1 aliphatic carbocycles. The van der Waals surface area contributed by atoms with E-state index >= 15 is 0 Å². The lowest BCUT2D eigenvalue weighted by molar-refractivity contribution is 0.0307. The Balaban J connectivity index is 1.99. The summed E-state index contributed by atoms with van der Waals surface area (Å²) < 4.78 is 11.5. The van der Waals surface area contributed by atoms with Gasteiger partial charge >= 0.3 is 0 Å². The van der Waals surface area contributed by atoms with Gasteiger partial charge < -0.3 is 9.47 Å². The van der Waals surface area contributed by atoms with E-state index in [1.54, 1.807) is 0 Å². The van der Waals surface area contributed by atoms with Crippen LogP contribution in [0.1, 0.15) is 63.9 Å². The van der Waals surface area contributed by atoms with E-state index in [2.05, 4.69) is 38.1 Å². The maximum absolute atomic E-state index is 5.80. The molecular formula is C19H30O2. The van der Waals surface area contributed by atoms with Gasteiger partial charge in [-0.3, -0.25) is 0 Å². The summed E-state index contributed by atoms with van der Waals surface area (Å²) in [6.45, 7) is 5.21. The van der Waals surface area contributed by atoms with Crippen LogP contribution in [0.4, 0.5) is 0 Å². The van der Waals surface area contributed by atoms with Crippen LogP contribution in [0, 0.1) is 5.92 Å². The van der Waals surface area contributed by atoms with E-state index < -0.39 is 0 Å². The summed E-state index contributed by atoms with van der Waals surface area (Å²) in [4.78, 5) is 0. The van der Waals surface area contributed by atoms with Gasteiger partial charge in [0.05, 0.1) is 12.7 Å². The normalized spacial score (nSPS) is 25.8. The molecule has 1 aromatic rings. The Hall–Kier alpha value is -1.02. The molecule has 3 atom stereocenters. The molecule has 0 spiro atoms. The predicted molar refractivity (Wildman–Crippen MR) is 88.0 cm³/mol. The molecule has 21 heavy (non-hydrogen) atoms. The second-order valence-corrected chi connectivity index (χ2v) is 6.27. The molecule has 0 radical (unpaired) electrons. The van der Waals surface area contributed by atoms with Gasteiger partial charge in [0.2, 0.25) is 0 Å². The zero-order valence-electron chi connectivity index (χ0n) is 13.8. The fourth-order valence-electron chi connectivity index (χ4n) is 3.56. The first-order chi connectivity index (χ1) is 10.3. The molecule has 1 saturated carbocycles. The molecule has 0 bridgehead atoms. The van der Waals surface area contributed by atoms with Crippen LogP contribution in [-0.2, 0) is 4.74 Å². The Morgan fingerprint density at radius 3 is 2.43 bits per heavy atom. The van der Waals surface area contributed by atoms with Crippen molar-refractivity contribution in [3.8, 4) is 5.75 Å². The van der Waals surface area contributed by atoms with Gasteiger partial charge in [0.25, 0.3) is 0 Å². The second kappa shape index (κ2) is 8.43. The zero-order chi connectivity index (χ0) is 15.1. The molecule has 118 valence electrons. The van der Waals surface area contributed by atoms with Gasteiger partial charge in [0.1, 0.15) is 5.75 Å². The van der Waals surface area contributed by atoms with Crippen molar-refractivity contribution >= 4 is 0 Å². The first-order valence-corrected chi connectivity index (χ1v) is 8.54. The van der Waals surface area contributed by atoms with Crippen molar-refractivity contribution in [3.63, 3.8) is 0 Å². The highest BCUT2D eigenvalue weighted by Crippen LogP contribution is 2.39. The summed E-state index contributed by atoms with van der Waals surface area (Å²) in [6, 6.07) is 8.66. The summed E-state index contributed by atoms with van der Waals surface area (Å²) >= 11 is 0. The van der Waals surface area contributed by atoms with Crippen LogP contribution in [0.2, 0.25) is 0 Å². The van der Waals surface area contributed by atoms with Gasteiger partial charge in [-0.2, -0.15) is 0 Å². The number of hydrogen-bond donors (Lipinski definition) is 0. The highest BCUT2D eigenvalue weighted by atomic mass is 16.5. The number of hydrogen-bond acceptors (Lipinski definition) is 2. The highest BCUT2D eigenvalue weighted by Gasteiger charge is 2.31. The van der Waals surface area contributed by atoms with Gasteiger partial charge in [-0.1, -0.05) is 38.8 Å². The van der Waals surface area contributed by atoms with Crippen LogP contribution in [0.5, 0.6) is 5.75 Å². The highest BCUT2D eigenvalue weighted by molar-refractivity contribution is 5.30. The fraction of sp³-hybridized carbons (Fsp3) is 0.684. The lowest BCUT2D eigenvalue weighted by Crippen LogP contribution is -2.29. The molecule has 1 aromatic carbocycles. The Labute approximate surface area is 129 Å². The number of methoxy groups -OCH3 is 1. The molecule has 3 unspecified atom stereocenters. The molecule has 0 aliphatic heterocycles. The first-order valence-electron chi connectivity index (χ1n) is 8.54.